The number of benzene rings is 1. The molecule has 0 unspecified atom stereocenters. The fourth-order valence-corrected chi connectivity index (χ4v) is 3.33. The van der Waals surface area contributed by atoms with E-state index < -0.39 is 0 Å². The molecule has 0 atom stereocenters. The monoisotopic (exact) mass is 302 g/mol. The first-order chi connectivity index (χ1) is 10.1. The molecule has 0 aliphatic carbocycles. The molecule has 2 aromatic rings. The SMILES string of the molecule is CCCc1nc(-c2ccc(C)cc2)sc1CNCC(C)C. The maximum Gasteiger partial charge on any atom is 0.123 e. The quantitative estimate of drug-likeness (QED) is 0.793. The molecule has 0 aliphatic rings. The summed E-state index contributed by atoms with van der Waals surface area (Å²) in [5, 5.41) is 4.70. The highest BCUT2D eigenvalue weighted by atomic mass is 32.1. The number of aryl methyl sites for hydroxylation is 2. The zero-order valence-corrected chi connectivity index (χ0v) is 14.4. The Morgan fingerprint density at radius 1 is 1.19 bits per heavy atom. The number of aromatic nitrogens is 1. The van der Waals surface area contributed by atoms with Gasteiger partial charge in [0, 0.05) is 17.0 Å². The third kappa shape index (κ3) is 4.65. The van der Waals surface area contributed by atoms with Crippen LogP contribution >= 0.6 is 11.3 Å². The molecule has 2 rings (SSSR count). The van der Waals surface area contributed by atoms with Crippen molar-refractivity contribution in [1.29, 1.82) is 0 Å². The summed E-state index contributed by atoms with van der Waals surface area (Å²) in [6, 6.07) is 8.67. The molecule has 0 aliphatic heterocycles. The minimum atomic E-state index is 0.684. The maximum absolute atomic E-state index is 4.88. The smallest absolute Gasteiger partial charge is 0.123 e. The number of nitrogens with zero attached hydrogens (tertiary/aromatic N) is 1. The molecule has 0 saturated heterocycles. The van der Waals surface area contributed by atoms with E-state index in [0.29, 0.717) is 5.92 Å². The molecule has 0 amide bonds. The molecule has 0 bridgehead atoms. The number of hydrogen-bond donors (Lipinski definition) is 1. The van der Waals surface area contributed by atoms with Crippen molar-refractivity contribution in [3.8, 4) is 10.6 Å². The number of rotatable bonds is 7. The highest BCUT2D eigenvalue weighted by Gasteiger charge is 2.12. The molecule has 0 spiro atoms. The molecule has 3 heteroatoms. The van der Waals surface area contributed by atoms with Crippen molar-refractivity contribution in [3.63, 3.8) is 0 Å². The van der Waals surface area contributed by atoms with Crippen LogP contribution in [0.5, 0.6) is 0 Å². The van der Waals surface area contributed by atoms with Crippen molar-refractivity contribution in [2.45, 2.75) is 47.1 Å². The van der Waals surface area contributed by atoms with Crippen LogP contribution in [-0.2, 0) is 13.0 Å². The van der Waals surface area contributed by atoms with E-state index in [4.69, 9.17) is 4.98 Å². The summed E-state index contributed by atoms with van der Waals surface area (Å²) < 4.78 is 0. The number of nitrogens with one attached hydrogen (secondary N) is 1. The Bertz CT molecular complexity index is 555. The zero-order chi connectivity index (χ0) is 15.2. The first-order valence-electron chi connectivity index (χ1n) is 7.86. The fourth-order valence-electron chi connectivity index (χ4n) is 2.25. The van der Waals surface area contributed by atoms with Gasteiger partial charge in [-0.05, 0) is 25.8 Å². The zero-order valence-electron chi connectivity index (χ0n) is 13.6. The molecular formula is C18H26N2S. The Balaban J connectivity index is 2.17. The van der Waals surface area contributed by atoms with E-state index in [1.807, 2.05) is 11.3 Å². The van der Waals surface area contributed by atoms with Gasteiger partial charge in [0.1, 0.15) is 5.01 Å². The average Bonchev–Trinajstić information content (AvgIpc) is 2.83. The summed E-state index contributed by atoms with van der Waals surface area (Å²) >= 11 is 1.84. The molecule has 1 aromatic carbocycles. The molecule has 0 saturated carbocycles. The van der Waals surface area contributed by atoms with E-state index in [2.05, 4.69) is 57.3 Å². The lowest BCUT2D eigenvalue weighted by Crippen LogP contribution is -2.19. The van der Waals surface area contributed by atoms with Crippen molar-refractivity contribution in [3.05, 3.63) is 40.4 Å². The summed E-state index contributed by atoms with van der Waals surface area (Å²) in [6.07, 6.45) is 2.22. The highest BCUT2D eigenvalue weighted by molar-refractivity contribution is 7.15. The fraction of sp³-hybridized carbons (Fsp3) is 0.500. The van der Waals surface area contributed by atoms with Crippen molar-refractivity contribution < 1.29 is 0 Å². The second kappa shape index (κ2) is 7.71. The number of thiazole rings is 1. The summed E-state index contributed by atoms with van der Waals surface area (Å²) in [6.45, 7) is 10.8. The summed E-state index contributed by atoms with van der Waals surface area (Å²) in [5.74, 6) is 0.684. The molecule has 21 heavy (non-hydrogen) atoms. The maximum atomic E-state index is 4.88. The second-order valence-electron chi connectivity index (χ2n) is 6.03. The van der Waals surface area contributed by atoms with Gasteiger partial charge < -0.3 is 5.32 Å². The van der Waals surface area contributed by atoms with Crippen molar-refractivity contribution >= 4 is 11.3 Å². The summed E-state index contributed by atoms with van der Waals surface area (Å²) in [5.41, 5.74) is 3.80. The predicted molar refractivity (Wildman–Crippen MR) is 92.8 cm³/mol. The number of hydrogen-bond acceptors (Lipinski definition) is 3. The minimum Gasteiger partial charge on any atom is -0.312 e. The van der Waals surface area contributed by atoms with Crippen LogP contribution in [0.1, 0.15) is 43.3 Å². The summed E-state index contributed by atoms with van der Waals surface area (Å²) in [4.78, 5) is 6.27. The molecule has 114 valence electrons. The lowest BCUT2D eigenvalue weighted by molar-refractivity contribution is 0.553. The first kappa shape index (κ1) is 16.2. The highest BCUT2D eigenvalue weighted by Crippen LogP contribution is 2.29. The van der Waals surface area contributed by atoms with Gasteiger partial charge in [0.15, 0.2) is 0 Å². The van der Waals surface area contributed by atoms with Crippen LogP contribution in [0.2, 0.25) is 0 Å². The standard InChI is InChI=1S/C18H26N2S/c1-5-6-16-17(12-19-11-13(2)3)21-18(20-16)15-9-7-14(4)8-10-15/h7-10,13,19H,5-6,11-12H2,1-4H3. The Kier molecular flexibility index (Phi) is 5.95. The molecular weight excluding hydrogens is 276 g/mol. The largest absolute Gasteiger partial charge is 0.312 e. The van der Waals surface area contributed by atoms with E-state index in [1.54, 1.807) is 0 Å². The van der Waals surface area contributed by atoms with E-state index in [9.17, 15) is 0 Å². The Morgan fingerprint density at radius 2 is 1.90 bits per heavy atom. The van der Waals surface area contributed by atoms with Gasteiger partial charge in [0.25, 0.3) is 0 Å². The second-order valence-corrected chi connectivity index (χ2v) is 7.11. The molecule has 1 N–H and O–H groups in total. The third-order valence-electron chi connectivity index (χ3n) is 3.40. The van der Waals surface area contributed by atoms with Crippen molar-refractivity contribution in [2.75, 3.05) is 6.54 Å². The van der Waals surface area contributed by atoms with E-state index in [-0.39, 0.29) is 0 Å². The predicted octanol–water partition coefficient (Wildman–Crippen LogP) is 4.82. The van der Waals surface area contributed by atoms with Gasteiger partial charge in [-0.3, -0.25) is 0 Å². The Morgan fingerprint density at radius 3 is 2.52 bits per heavy atom. The van der Waals surface area contributed by atoms with Crippen LogP contribution < -0.4 is 5.32 Å². The summed E-state index contributed by atoms with van der Waals surface area (Å²) in [7, 11) is 0. The topological polar surface area (TPSA) is 24.9 Å². The molecule has 0 fully saturated rings. The van der Waals surface area contributed by atoms with Gasteiger partial charge in [-0.15, -0.1) is 11.3 Å². The molecule has 1 aromatic heterocycles. The first-order valence-corrected chi connectivity index (χ1v) is 8.68. The van der Waals surface area contributed by atoms with Gasteiger partial charge >= 0.3 is 0 Å². The van der Waals surface area contributed by atoms with Gasteiger partial charge in [0.05, 0.1) is 5.69 Å². The normalized spacial score (nSPS) is 11.3. The van der Waals surface area contributed by atoms with Gasteiger partial charge in [-0.25, -0.2) is 4.98 Å². The molecule has 2 nitrogen and oxygen atoms in total. The lowest BCUT2D eigenvalue weighted by Gasteiger charge is -2.06. The van der Waals surface area contributed by atoms with Crippen LogP contribution in [0.15, 0.2) is 24.3 Å². The molecule has 0 radical (unpaired) electrons. The average molecular weight is 302 g/mol. The van der Waals surface area contributed by atoms with Crippen LogP contribution in [-0.4, -0.2) is 11.5 Å². The van der Waals surface area contributed by atoms with Crippen molar-refractivity contribution in [1.82, 2.24) is 10.3 Å². The Labute approximate surface area is 132 Å². The van der Waals surface area contributed by atoms with Crippen molar-refractivity contribution in [2.24, 2.45) is 5.92 Å². The van der Waals surface area contributed by atoms with E-state index in [0.717, 1.165) is 30.9 Å². The lowest BCUT2D eigenvalue weighted by atomic mass is 10.1. The van der Waals surface area contributed by atoms with Gasteiger partial charge in [-0.2, -0.15) is 0 Å². The van der Waals surface area contributed by atoms with Crippen LogP contribution in [0.4, 0.5) is 0 Å². The molecule has 1 heterocycles. The van der Waals surface area contributed by atoms with Crippen LogP contribution in [0.3, 0.4) is 0 Å². The van der Waals surface area contributed by atoms with E-state index in [1.165, 1.54) is 21.7 Å². The van der Waals surface area contributed by atoms with Crippen LogP contribution in [0.25, 0.3) is 10.6 Å². The van der Waals surface area contributed by atoms with Crippen LogP contribution in [0, 0.1) is 12.8 Å². The minimum absolute atomic E-state index is 0.684. The van der Waals surface area contributed by atoms with E-state index >= 15 is 0 Å². The Hall–Kier alpha value is -1.19. The van der Waals surface area contributed by atoms with Gasteiger partial charge in [0.2, 0.25) is 0 Å². The van der Waals surface area contributed by atoms with Gasteiger partial charge in [-0.1, -0.05) is 57.0 Å². The third-order valence-corrected chi connectivity index (χ3v) is 4.55.